The average molecular weight is 347 g/mol. The van der Waals surface area contributed by atoms with Gasteiger partial charge in [0.05, 0.1) is 18.8 Å². The Morgan fingerprint density at radius 2 is 2.10 bits per heavy atom. The van der Waals surface area contributed by atoms with Crippen LogP contribution < -0.4 is 10.1 Å². The average Bonchev–Trinajstić information content (AvgIpc) is 2.53. The fourth-order valence-electron chi connectivity index (χ4n) is 2.10. The van der Waals surface area contributed by atoms with Crippen molar-refractivity contribution in [2.45, 2.75) is 18.9 Å². The van der Waals surface area contributed by atoms with E-state index in [1.165, 1.54) is 0 Å². The lowest BCUT2D eigenvalue weighted by molar-refractivity contribution is 0.415. The highest BCUT2D eigenvalue weighted by Gasteiger charge is 2.15. The zero-order chi connectivity index (χ0) is 15.1. The van der Waals surface area contributed by atoms with Crippen LogP contribution in [-0.4, -0.2) is 12.1 Å². The lowest BCUT2D eigenvalue weighted by Crippen LogP contribution is -2.13. The zero-order valence-electron chi connectivity index (χ0n) is 12.1. The Labute approximate surface area is 134 Å². The third-order valence-corrected chi connectivity index (χ3v) is 3.88. The summed E-state index contributed by atoms with van der Waals surface area (Å²) in [5, 5.41) is 3.53. The molecule has 1 aromatic carbocycles. The van der Waals surface area contributed by atoms with Crippen LogP contribution in [0.2, 0.25) is 0 Å². The number of pyridine rings is 1. The minimum absolute atomic E-state index is 0.131. The number of nitrogens with one attached hydrogen (secondary N) is 1. The number of benzene rings is 1. The Kier molecular flexibility index (Phi) is 5.81. The molecule has 0 saturated carbocycles. The van der Waals surface area contributed by atoms with E-state index in [0.29, 0.717) is 0 Å². The number of ether oxygens (including phenoxy) is 1. The van der Waals surface area contributed by atoms with E-state index < -0.39 is 0 Å². The van der Waals surface area contributed by atoms with E-state index in [0.717, 1.165) is 34.4 Å². The van der Waals surface area contributed by atoms with Crippen LogP contribution in [0.3, 0.4) is 0 Å². The number of allylic oxidation sites excluding steroid dienone is 1. The minimum Gasteiger partial charge on any atom is -0.497 e. The molecule has 1 heterocycles. The van der Waals surface area contributed by atoms with Crippen LogP contribution in [0.4, 0.5) is 5.69 Å². The third kappa shape index (κ3) is 4.33. The summed E-state index contributed by atoms with van der Waals surface area (Å²) in [6.07, 6.45) is 5.61. The van der Waals surface area contributed by atoms with Gasteiger partial charge in [0.15, 0.2) is 0 Å². The number of hydrogen-bond donors (Lipinski definition) is 1. The Morgan fingerprint density at radius 3 is 2.71 bits per heavy atom. The van der Waals surface area contributed by atoms with Gasteiger partial charge in [-0.25, -0.2) is 0 Å². The summed E-state index contributed by atoms with van der Waals surface area (Å²) in [5.74, 6) is 0.849. The monoisotopic (exact) mass is 346 g/mol. The fourth-order valence-corrected chi connectivity index (χ4v) is 2.64. The largest absolute Gasteiger partial charge is 0.497 e. The van der Waals surface area contributed by atoms with Crippen LogP contribution in [0.25, 0.3) is 0 Å². The molecule has 1 atom stereocenters. The standard InChI is InChI=1S/C17H19BrN2O/c1-3-4-7-16(17-15(18)6-5-12-19-17)20-13-8-10-14(21-2)11-9-13/h3,5-6,8-12,16,20H,1,4,7H2,2H3. The van der Waals surface area contributed by atoms with Crippen molar-refractivity contribution < 1.29 is 4.74 Å². The van der Waals surface area contributed by atoms with Crippen LogP contribution >= 0.6 is 15.9 Å². The molecule has 4 heteroatoms. The van der Waals surface area contributed by atoms with Crippen LogP contribution in [-0.2, 0) is 0 Å². The summed E-state index contributed by atoms with van der Waals surface area (Å²) in [4.78, 5) is 4.49. The summed E-state index contributed by atoms with van der Waals surface area (Å²) in [6, 6.07) is 12.0. The van der Waals surface area contributed by atoms with Crippen LogP contribution in [0.5, 0.6) is 5.75 Å². The lowest BCUT2D eigenvalue weighted by atomic mass is 10.1. The topological polar surface area (TPSA) is 34.1 Å². The second-order valence-electron chi connectivity index (χ2n) is 4.66. The van der Waals surface area contributed by atoms with E-state index >= 15 is 0 Å². The summed E-state index contributed by atoms with van der Waals surface area (Å²) in [6.45, 7) is 3.80. The van der Waals surface area contributed by atoms with Gasteiger partial charge in [-0.15, -0.1) is 6.58 Å². The van der Waals surface area contributed by atoms with Gasteiger partial charge < -0.3 is 10.1 Å². The van der Waals surface area contributed by atoms with Crippen molar-refractivity contribution in [3.05, 3.63) is 65.4 Å². The van der Waals surface area contributed by atoms with E-state index in [2.05, 4.69) is 32.8 Å². The summed E-state index contributed by atoms with van der Waals surface area (Å²) >= 11 is 3.58. The molecule has 0 radical (unpaired) electrons. The summed E-state index contributed by atoms with van der Waals surface area (Å²) in [5.41, 5.74) is 2.05. The van der Waals surface area contributed by atoms with E-state index in [1.54, 1.807) is 7.11 Å². The molecular weight excluding hydrogens is 328 g/mol. The van der Waals surface area contributed by atoms with E-state index in [4.69, 9.17) is 4.74 Å². The van der Waals surface area contributed by atoms with Crippen molar-refractivity contribution in [1.29, 1.82) is 0 Å². The number of hydrogen-bond acceptors (Lipinski definition) is 3. The highest BCUT2D eigenvalue weighted by molar-refractivity contribution is 9.10. The molecule has 0 fully saturated rings. The second-order valence-corrected chi connectivity index (χ2v) is 5.52. The Hall–Kier alpha value is -1.81. The molecule has 3 nitrogen and oxygen atoms in total. The van der Waals surface area contributed by atoms with Crippen molar-refractivity contribution >= 4 is 21.6 Å². The van der Waals surface area contributed by atoms with Crippen LogP contribution in [0.15, 0.2) is 59.7 Å². The van der Waals surface area contributed by atoms with Crippen molar-refractivity contribution in [3.63, 3.8) is 0 Å². The van der Waals surface area contributed by atoms with Gasteiger partial charge in [-0.1, -0.05) is 6.08 Å². The predicted octanol–water partition coefficient (Wildman–Crippen LogP) is 4.97. The summed E-state index contributed by atoms with van der Waals surface area (Å²) in [7, 11) is 1.67. The van der Waals surface area contributed by atoms with Crippen LogP contribution in [0.1, 0.15) is 24.6 Å². The maximum atomic E-state index is 5.18. The molecule has 1 N–H and O–H groups in total. The van der Waals surface area contributed by atoms with E-state index in [-0.39, 0.29) is 6.04 Å². The SMILES string of the molecule is C=CCCC(Nc1ccc(OC)cc1)c1ncccc1Br. The van der Waals surface area contributed by atoms with Gasteiger partial charge in [-0.3, -0.25) is 4.98 Å². The highest BCUT2D eigenvalue weighted by atomic mass is 79.9. The normalized spacial score (nSPS) is 11.7. The second kappa shape index (κ2) is 7.84. The summed E-state index contributed by atoms with van der Waals surface area (Å²) < 4.78 is 6.20. The Bertz CT molecular complexity index is 584. The third-order valence-electron chi connectivity index (χ3n) is 3.21. The van der Waals surface area contributed by atoms with E-state index in [9.17, 15) is 0 Å². The number of rotatable bonds is 7. The fraction of sp³-hybridized carbons (Fsp3) is 0.235. The van der Waals surface area contributed by atoms with Gasteiger partial charge in [0.2, 0.25) is 0 Å². The number of halogens is 1. The maximum absolute atomic E-state index is 5.18. The first-order valence-electron chi connectivity index (χ1n) is 6.86. The molecular formula is C17H19BrN2O. The van der Waals surface area contributed by atoms with Crippen molar-refractivity contribution in [3.8, 4) is 5.75 Å². The van der Waals surface area contributed by atoms with E-state index in [1.807, 2.05) is 48.7 Å². The smallest absolute Gasteiger partial charge is 0.119 e. The van der Waals surface area contributed by atoms with Crippen LogP contribution in [0, 0.1) is 0 Å². The van der Waals surface area contributed by atoms with Gasteiger partial charge in [0.25, 0.3) is 0 Å². The first-order valence-corrected chi connectivity index (χ1v) is 7.65. The molecule has 0 aliphatic carbocycles. The minimum atomic E-state index is 0.131. The molecule has 0 spiro atoms. The first kappa shape index (κ1) is 15.6. The molecule has 2 aromatic rings. The molecule has 0 aliphatic heterocycles. The van der Waals surface area contributed by atoms with Gasteiger partial charge >= 0.3 is 0 Å². The molecule has 110 valence electrons. The predicted molar refractivity (Wildman–Crippen MR) is 90.7 cm³/mol. The molecule has 0 bridgehead atoms. The molecule has 0 saturated heterocycles. The zero-order valence-corrected chi connectivity index (χ0v) is 13.6. The lowest BCUT2D eigenvalue weighted by Gasteiger charge is -2.20. The van der Waals surface area contributed by atoms with Crippen molar-refractivity contribution in [2.75, 3.05) is 12.4 Å². The molecule has 0 amide bonds. The Balaban J connectivity index is 2.19. The number of aromatic nitrogens is 1. The molecule has 0 aliphatic rings. The van der Waals surface area contributed by atoms with Crippen molar-refractivity contribution in [2.24, 2.45) is 0 Å². The Morgan fingerprint density at radius 1 is 1.33 bits per heavy atom. The highest BCUT2D eigenvalue weighted by Crippen LogP contribution is 2.28. The molecule has 1 aromatic heterocycles. The molecule has 1 unspecified atom stereocenters. The van der Waals surface area contributed by atoms with Gasteiger partial charge in [-0.05, 0) is 65.2 Å². The number of nitrogens with zero attached hydrogens (tertiary/aromatic N) is 1. The van der Waals surface area contributed by atoms with Gasteiger partial charge in [0, 0.05) is 16.4 Å². The number of anilines is 1. The van der Waals surface area contributed by atoms with Gasteiger partial charge in [0.1, 0.15) is 5.75 Å². The quantitative estimate of drug-likeness (QED) is 0.718. The molecule has 21 heavy (non-hydrogen) atoms. The van der Waals surface area contributed by atoms with Crippen molar-refractivity contribution in [1.82, 2.24) is 4.98 Å². The van der Waals surface area contributed by atoms with Gasteiger partial charge in [-0.2, -0.15) is 0 Å². The number of methoxy groups -OCH3 is 1. The first-order chi connectivity index (χ1) is 10.2. The molecule has 2 rings (SSSR count). The maximum Gasteiger partial charge on any atom is 0.119 e.